The molecule has 1 N–H and O–H groups in total. The lowest BCUT2D eigenvalue weighted by Crippen LogP contribution is -2.53. The maximum absolute atomic E-state index is 13.6. The lowest BCUT2D eigenvalue weighted by atomic mass is 9.84. The number of anilines is 1. The highest BCUT2D eigenvalue weighted by atomic mass is 19.3. The lowest BCUT2D eigenvalue weighted by molar-refractivity contribution is -0.139. The highest BCUT2D eigenvalue weighted by Crippen LogP contribution is 2.37. The van der Waals surface area contributed by atoms with E-state index in [0.29, 0.717) is 38.5 Å². The number of rotatable bonds is 4. The van der Waals surface area contributed by atoms with Gasteiger partial charge in [-0.1, -0.05) is 0 Å². The summed E-state index contributed by atoms with van der Waals surface area (Å²) in [5.74, 6) is 1.13. The summed E-state index contributed by atoms with van der Waals surface area (Å²) >= 11 is 0. The molecule has 0 spiro atoms. The van der Waals surface area contributed by atoms with Crippen LogP contribution in [-0.4, -0.2) is 83.4 Å². The predicted molar refractivity (Wildman–Crippen MR) is 105 cm³/mol. The van der Waals surface area contributed by atoms with Crippen LogP contribution in [0, 0.1) is 12.8 Å². The number of morpholine rings is 1. The monoisotopic (exact) mass is 411 g/mol. The third kappa shape index (κ3) is 4.26. The number of carbonyl (C=O) groups is 1. The van der Waals surface area contributed by atoms with Crippen molar-refractivity contribution in [1.82, 2.24) is 19.6 Å². The van der Waals surface area contributed by atoms with Crippen LogP contribution in [0.3, 0.4) is 0 Å². The van der Waals surface area contributed by atoms with Crippen molar-refractivity contribution in [1.29, 1.82) is 0 Å². The van der Waals surface area contributed by atoms with Gasteiger partial charge in [-0.05, 0) is 39.0 Å². The quantitative estimate of drug-likeness (QED) is 0.823. The summed E-state index contributed by atoms with van der Waals surface area (Å²) < 4.78 is 34.1. The number of alkyl halides is 2. The molecule has 0 aliphatic carbocycles. The fraction of sp³-hybridized carbons (Fsp3) is 0.800. The maximum Gasteiger partial charge on any atom is 0.260 e. The molecule has 4 heterocycles. The zero-order valence-electron chi connectivity index (χ0n) is 17.2. The summed E-state index contributed by atoms with van der Waals surface area (Å²) in [6.07, 6.45) is -0.396. The van der Waals surface area contributed by atoms with Gasteiger partial charge in [-0.25, -0.2) is 13.5 Å². The SMILES string of the molecule is Cc1cc2n(n1)[C@@H](C(F)F)C[C@@H](C1CCN(C(=O)C(C)N3CCOCC3)CC1)N2. The van der Waals surface area contributed by atoms with E-state index in [9.17, 15) is 13.6 Å². The topological polar surface area (TPSA) is 62.6 Å². The van der Waals surface area contributed by atoms with Gasteiger partial charge in [-0.2, -0.15) is 5.10 Å². The van der Waals surface area contributed by atoms with Gasteiger partial charge in [-0.15, -0.1) is 0 Å². The first-order valence-corrected chi connectivity index (χ1v) is 10.7. The van der Waals surface area contributed by atoms with Crippen LogP contribution in [0.5, 0.6) is 0 Å². The normalized spacial score (nSPS) is 27.6. The Bertz CT molecular complexity index is 714. The minimum atomic E-state index is -2.44. The first-order valence-electron chi connectivity index (χ1n) is 10.7. The van der Waals surface area contributed by atoms with Gasteiger partial charge in [0.25, 0.3) is 6.43 Å². The first kappa shape index (κ1) is 20.5. The van der Waals surface area contributed by atoms with Crippen molar-refractivity contribution in [3.05, 3.63) is 11.8 Å². The summed E-state index contributed by atoms with van der Waals surface area (Å²) in [5.41, 5.74) is 0.747. The van der Waals surface area contributed by atoms with Gasteiger partial charge in [0.1, 0.15) is 11.9 Å². The zero-order chi connectivity index (χ0) is 20.5. The average Bonchev–Trinajstić information content (AvgIpc) is 3.12. The smallest absolute Gasteiger partial charge is 0.260 e. The van der Waals surface area contributed by atoms with Crippen LogP contribution >= 0.6 is 0 Å². The molecule has 4 rings (SSSR count). The fourth-order valence-corrected chi connectivity index (χ4v) is 4.91. The van der Waals surface area contributed by atoms with Crippen molar-refractivity contribution in [2.45, 2.75) is 57.7 Å². The van der Waals surface area contributed by atoms with E-state index in [2.05, 4.69) is 15.3 Å². The second-order valence-corrected chi connectivity index (χ2v) is 8.49. The van der Waals surface area contributed by atoms with Crippen molar-refractivity contribution in [2.75, 3.05) is 44.7 Å². The number of carbonyl (C=O) groups excluding carboxylic acids is 1. The molecular formula is C20H31F2N5O2. The first-order chi connectivity index (χ1) is 13.9. The fourth-order valence-electron chi connectivity index (χ4n) is 4.91. The number of likely N-dealkylation sites (tertiary alicyclic amines) is 1. The molecule has 0 aromatic carbocycles. The third-order valence-electron chi connectivity index (χ3n) is 6.66. The summed E-state index contributed by atoms with van der Waals surface area (Å²) in [7, 11) is 0. The number of nitrogens with zero attached hydrogens (tertiary/aromatic N) is 4. The van der Waals surface area contributed by atoms with Crippen LogP contribution in [-0.2, 0) is 9.53 Å². The molecule has 3 aliphatic rings. The van der Waals surface area contributed by atoms with E-state index in [4.69, 9.17) is 4.74 Å². The van der Waals surface area contributed by atoms with Gasteiger partial charge in [0, 0.05) is 38.3 Å². The molecular weight excluding hydrogens is 380 g/mol. The van der Waals surface area contributed by atoms with Gasteiger partial charge >= 0.3 is 0 Å². The van der Waals surface area contributed by atoms with Gasteiger partial charge in [-0.3, -0.25) is 9.69 Å². The molecule has 3 atom stereocenters. The molecule has 3 aliphatic heterocycles. The largest absolute Gasteiger partial charge is 0.379 e. The van der Waals surface area contributed by atoms with Crippen molar-refractivity contribution in [3.63, 3.8) is 0 Å². The summed E-state index contributed by atoms with van der Waals surface area (Å²) in [6.45, 7) is 8.10. The third-order valence-corrected chi connectivity index (χ3v) is 6.66. The Balaban J connectivity index is 1.35. The number of hydrogen-bond acceptors (Lipinski definition) is 5. The average molecular weight is 411 g/mol. The van der Waals surface area contributed by atoms with Crippen LogP contribution in [0.15, 0.2) is 6.07 Å². The molecule has 2 fully saturated rings. The summed E-state index contributed by atoms with van der Waals surface area (Å²) in [5, 5.41) is 7.67. The minimum Gasteiger partial charge on any atom is -0.379 e. The molecule has 1 unspecified atom stereocenters. The van der Waals surface area contributed by atoms with E-state index < -0.39 is 12.5 Å². The maximum atomic E-state index is 13.6. The Hall–Kier alpha value is -1.74. The highest BCUT2D eigenvalue weighted by molar-refractivity contribution is 5.81. The number of fused-ring (bicyclic) bond motifs is 1. The Morgan fingerprint density at radius 1 is 1.24 bits per heavy atom. The lowest BCUT2D eigenvalue weighted by Gasteiger charge is -2.42. The van der Waals surface area contributed by atoms with E-state index >= 15 is 0 Å². The molecule has 162 valence electrons. The van der Waals surface area contributed by atoms with Gasteiger partial charge in [0.2, 0.25) is 5.91 Å². The molecule has 9 heteroatoms. The predicted octanol–water partition coefficient (Wildman–Crippen LogP) is 2.14. The highest BCUT2D eigenvalue weighted by Gasteiger charge is 2.39. The molecule has 0 saturated carbocycles. The second kappa shape index (κ2) is 8.55. The summed E-state index contributed by atoms with van der Waals surface area (Å²) in [4.78, 5) is 17.0. The van der Waals surface area contributed by atoms with E-state index in [1.807, 2.05) is 24.8 Å². The molecule has 2 saturated heterocycles. The van der Waals surface area contributed by atoms with Gasteiger partial charge in [0.05, 0.1) is 24.9 Å². The van der Waals surface area contributed by atoms with Crippen LogP contribution in [0.4, 0.5) is 14.6 Å². The standard InChI is InChI=1S/C20H31F2N5O2/c1-13-11-18-23-16(12-17(19(21)22)27(18)24-13)15-3-5-26(6-4-15)20(28)14(2)25-7-9-29-10-8-25/h11,14-17,19,23H,3-10,12H2,1-2H3/t14?,16-,17+/m0/s1. The Labute approximate surface area is 170 Å². The van der Waals surface area contributed by atoms with Crippen molar-refractivity contribution >= 4 is 11.7 Å². The van der Waals surface area contributed by atoms with Crippen molar-refractivity contribution in [3.8, 4) is 0 Å². The Kier molecular flexibility index (Phi) is 6.06. The number of halogens is 2. The zero-order valence-corrected chi connectivity index (χ0v) is 17.2. The number of aromatic nitrogens is 2. The molecule has 1 amide bonds. The van der Waals surface area contributed by atoms with E-state index in [0.717, 1.165) is 31.6 Å². The number of amides is 1. The number of hydrogen-bond donors (Lipinski definition) is 1. The van der Waals surface area contributed by atoms with E-state index in [1.54, 1.807) is 0 Å². The Morgan fingerprint density at radius 3 is 2.59 bits per heavy atom. The molecule has 1 aromatic heterocycles. The molecule has 29 heavy (non-hydrogen) atoms. The summed E-state index contributed by atoms with van der Waals surface area (Å²) in [6, 6.07) is 0.811. The van der Waals surface area contributed by atoms with Crippen molar-refractivity contribution in [2.24, 2.45) is 5.92 Å². The van der Waals surface area contributed by atoms with Crippen LogP contribution in [0.1, 0.15) is 37.9 Å². The Morgan fingerprint density at radius 2 is 1.93 bits per heavy atom. The molecule has 0 radical (unpaired) electrons. The number of nitrogens with one attached hydrogen (secondary N) is 1. The van der Waals surface area contributed by atoms with Crippen LogP contribution < -0.4 is 5.32 Å². The minimum absolute atomic E-state index is 0.00785. The number of ether oxygens (including phenoxy) is 1. The number of aryl methyl sites for hydroxylation is 1. The molecule has 7 nitrogen and oxygen atoms in total. The second-order valence-electron chi connectivity index (χ2n) is 8.49. The van der Waals surface area contributed by atoms with Crippen LogP contribution in [0.2, 0.25) is 0 Å². The molecule has 0 bridgehead atoms. The van der Waals surface area contributed by atoms with E-state index in [-0.39, 0.29) is 23.9 Å². The van der Waals surface area contributed by atoms with Crippen LogP contribution in [0.25, 0.3) is 0 Å². The number of piperidine rings is 1. The van der Waals surface area contributed by atoms with Gasteiger partial charge in [0.15, 0.2) is 0 Å². The van der Waals surface area contributed by atoms with Crippen molar-refractivity contribution < 1.29 is 18.3 Å². The van der Waals surface area contributed by atoms with Gasteiger partial charge < -0.3 is 15.0 Å². The van der Waals surface area contributed by atoms with E-state index in [1.165, 1.54) is 4.68 Å². The molecule has 1 aromatic rings.